The fourth-order valence-corrected chi connectivity index (χ4v) is 4.35. The average molecular weight is 550 g/mol. The van der Waals surface area contributed by atoms with Gasteiger partial charge in [-0.15, -0.1) is 34.2 Å². The van der Waals surface area contributed by atoms with Crippen LogP contribution >= 0.6 is 35.7 Å². The van der Waals surface area contributed by atoms with E-state index in [1.165, 1.54) is 25.7 Å². The van der Waals surface area contributed by atoms with E-state index < -0.39 is 0 Å². The summed E-state index contributed by atoms with van der Waals surface area (Å²) in [6.07, 6.45) is 11.1. The van der Waals surface area contributed by atoms with Crippen LogP contribution in [-0.4, -0.2) is 59.1 Å². The highest BCUT2D eigenvalue weighted by atomic mass is 127. The summed E-state index contributed by atoms with van der Waals surface area (Å²) in [6, 6.07) is 0.566. The molecular weight excluding hydrogens is 513 g/mol. The fraction of sp³-hybridized carbons (Fsp3) is 0.800. The van der Waals surface area contributed by atoms with Gasteiger partial charge in [-0.05, 0) is 45.3 Å². The Hall–Kier alpha value is -1.04. The lowest BCUT2D eigenvalue weighted by atomic mass is 10.2. The Morgan fingerprint density at radius 3 is 2.53 bits per heavy atom. The number of aliphatic imine (C=N–C) groups is 1. The Morgan fingerprint density at radius 2 is 1.87 bits per heavy atom. The van der Waals surface area contributed by atoms with Gasteiger partial charge >= 0.3 is 0 Å². The van der Waals surface area contributed by atoms with Crippen LogP contribution in [0.5, 0.6) is 0 Å². The maximum atomic E-state index is 11.7. The molecule has 0 aromatic carbocycles. The number of carbonyl (C=O) groups excluding carboxylic acids is 1. The molecule has 1 aromatic heterocycles. The number of carbonyl (C=O) groups is 1. The number of aryl methyl sites for hydroxylation is 1. The van der Waals surface area contributed by atoms with Crippen molar-refractivity contribution in [2.75, 3.05) is 32.4 Å². The Labute approximate surface area is 201 Å². The number of amides is 1. The van der Waals surface area contributed by atoms with Crippen LogP contribution in [0.4, 0.5) is 0 Å². The summed E-state index contributed by atoms with van der Waals surface area (Å²) in [5, 5.41) is 19.4. The molecule has 0 saturated heterocycles. The third-order valence-electron chi connectivity index (χ3n) is 5.45. The zero-order chi connectivity index (χ0) is 20.5. The predicted molar refractivity (Wildman–Crippen MR) is 133 cm³/mol. The molecular formula is C20H36IN7OS. The summed E-state index contributed by atoms with van der Waals surface area (Å²) in [6.45, 7) is 4.91. The quantitative estimate of drug-likeness (QED) is 0.129. The van der Waals surface area contributed by atoms with E-state index in [0.717, 1.165) is 55.7 Å². The van der Waals surface area contributed by atoms with E-state index in [9.17, 15) is 4.79 Å². The highest BCUT2D eigenvalue weighted by Crippen LogP contribution is 2.33. The number of rotatable bonds is 11. The van der Waals surface area contributed by atoms with E-state index in [4.69, 9.17) is 0 Å². The summed E-state index contributed by atoms with van der Waals surface area (Å²) in [5.74, 6) is 2.34. The standard InChI is InChI=1S/C20H35N7OS.HI/c1-3-21-19(24-14-13-22-18(28)15-10-11-15)23-12-6-9-17-25-26-20(29-2)27(17)16-7-4-5-8-16;/h15-16H,3-14H2,1-2H3,(H,22,28)(H2,21,23,24);1H. The summed E-state index contributed by atoms with van der Waals surface area (Å²) in [4.78, 5) is 16.3. The maximum absolute atomic E-state index is 11.7. The molecule has 0 atom stereocenters. The smallest absolute Gasteiger partial charge is 0.223 e. The van der Waals surface area contributed by atoms with Gasteiger partial charge in [0.2, 0.25) is 5.91 Å². The second kappa shape index (κ2) is 13.4. The van der Waals surface area contributed by atoms with Crippen molar-refractivity contribution in [1.29, 1.82) is 0 Å². The van der Waals surface area contributed by atoms with Gasteiger partial charge in [0.15, 0.2) is 11.1 Å². The van der Waals surface area contributed by atoms with Crippen LogP contribution in [0.2, 0.25) is 0 Å². The second-order valence-electron chi connectivity index (χ2n) is 7.77. The molecule has 0 spiro atoms. The van der Waals surface area contributed by atoms with Crippen LogP contribution in [0.25, 0.3) is 0 Å². The first-order valence-electron chi connectivity index (χ1n) is 11.0. The minimum atomic E-state index is 0. The van der Waals surface area contributed by atoms with Crippen LogP contribution in [-0.2, 0) is 11.2 Å². The minimum absolute atomic E-state index is 0. The molecule has 1 heterocycles. The van der Waals surface area contributed by atoms with Crippen LogP contribution in [0, 0.1) is 5.92 Å². The molecule has 2 saturated carbocycles. The summed E-state index contributed by atoms with van der Waals surface area (Å²) in [7, 11) is 0. The fourth-order valence-electron chi connectivity index (χ4n) is 3.77. The van der Waals surface area contributed by atoms with E-state index >= 15 is 0 Å². The van der Waals surface area contributed by atoms with Crippen LogP contribution in [0.15, 0.2) is 10.1 Å². The molecule has 170 valence electrons. The van der Waals surface area contributed by atoms with E-state index in [2.05, 4.69) is 48.9 Å². The Morgan fingerprint density at radius 1 is 1.13 bits per heavy atom. The minimum Gasteiger partial charge on any atom is -0.357 e. The number of halogens is 1. The number of nitrogens with zero attached hydrogens (tertiary/aromatic N) is 4. The SMILES string of the molecule is CCNC(=NCCCc1nnc(SC)n1C1CCCC1)NCCNC(=O)C1CC1.I. The molecule has 1 aromatic rings. The first kappa shape index (κ1) is 25.2. The summed E-state index contributed by atoms with van der Waals surface area (Å²) in [5.41, 5.74) is 0. The predicted octanol–water partition coefficient (Wildman–Crippen LogP) is 2.75. The molecule has 10 heteroatoms. The van der Waals surface area contributed by atoms with Crippen molar-refractivity contribution < 1.29 is 4.79 Å². The summed E-state index contributed by atoms with van der Waals surface area (Å²) < 4.78 is 2.37. The first-order chi connectivity index (χ1) is 14.2. The molecule has 3 N–H and O–H groups in total. The van der Waals surface area contributed by atoms with Gasteiger partial charge in [0.05, 0.1) is 0 Å². The van der Waals surface area contributed by atoms with E-state index in [1.54, 1.807) is 11.8 Å². The zero-order valence-electron chi connectivity index (χ0n) is 18.2. The van der Waals surface area contributed by atoms with Gasteiger partial charge in [0.1, 0.15) is 5.82 Å². The van der Waals surface area contributed by atoms with Gasteiger partial charge in [0.25, 0.3) is 0 Å². The van der Waals surface area contributed by atoms with Crippen molar-refractivity contribution in [2.45, 2.75) is 69.5 Å². The van der Waals surface area contributed by atoms with Crippen molar-refractivity contribution in [2.24, 2.45) is 10.9 Å². The Balaban J connectivity index is 0.00000320. The van der Waals surface area contributed by atoms with Gasteiger partial charge in [-0.25, -0.2) is 0 Å². The molecule has 2 fully saturated rings. The van der Waals surface area contributed by atoms with Gasteiger partial charge < -0.3 is 20.5 Å². The molecule has 8 nitrogen and oxygen atoms in total. The molecule has 30 heavy (non-hydrogen) atoms. The molecule has 3 rings (SSSR count). The highest BCUT2D eigenvalue weighted by molar-refractivity contribution is 14.0. The number of thioether (sulfide) groups is 1. The van der Waals surface area contributed by atoms with Crippen LogP contribution in [0.3, 0.4) is 0 Å². The third kappa shape index (κ3) is 7.58. The van der Waals surface area contributed by atoms with Gasteiger partial charge in [-0.2, -0.15) is 0 Å². The number of aromatic nitrogens is 3. The van der Waals surface area contributed by atoms with Crippen molar-refractivity contribution in [3.8, 4) is 0 Å². The third-order valence-corrected chi connectivity index (χ3v) is 6.09. The Bertz CT molecular complexity index is 687. The number of hydrogen-bond donors (Lipinski definition) is 3. The van der Waals surface area contributed by atoms with Gasteiger partial charge in [0, 0.05) is 44.6 Å². The largest absolute Gasteiger partial charge is 0.357 e. The molecule has 0 radical (unpaired) electrons. The lowest BCUT2D eigenvalue weighted by molar-refractivity contribution is -0.122. The topological polar surface area (TPSA) is 96.2 Å². The molecule has 2 aliphatic carbocycles. The van der Waals surface area contributed by atoms with Crippen LogP contribution < -0.4 is 16.0 Å². The molecule has 0 bridgehead atoms. The number of guanidine groups is 1. The number of hydrogen-bond acceptors (Lipinski definition) is 5. The lowest BCUT2D eigenvalue weighted by Crippen LogP contribution is -2.41. The Kier molecular flexibility index (Phi) is 11.3. The van der Waals surface area contributed by atoms with Crippen molar-refractivity contribution >= 4 is 47.6 Å². The van der Waals surface area contributed by atoms with Crippen LogP contribution in [0.1, 0.15) is 63.7 Å². The van der Waals surface area contributed by atoms with Crippen molar-refractivity contribution in [3.05, 3.63) is 5.82 Å². The average Bonchev–Trinajstić information content (AvgIpc) is 3.29. The van der Waals surface area contributed by atoms with Crippen molar-refractivity contribution in [1.82, 2.24) is 30.7 Å². The van der Waals surface area contributed by atoms with E-state index in [0.29, 0.717) is 19.1 Å². The summed E-state index contributed by atoms with van der Waals surface area (Å²) >= 11 is 1.68. The highest BCUT2D eigenvalue weighted by Gasteiger charge is 2.29. The molecule has 2 aliphatic rings. The zero-order valence-corrected chi connectivity index (χ0v) is 21.3. The van der Waals surface area contributed by atoms with Crippen molar-refractivity contribution in [3.63, 3.8) is 0 Å². The molecule has 0 unspecified atom stereocenters. The molecule has 0 aliphatic heterocycles. The second-order valence-corrected chi connectivity index (χ2v) is 8.54. The monoisotopic (exact) mass is 549 g/mol. The molecule has 1 amide bonds. The van der Waals surface area contributed by atoms with Gasteiger partial charge in [-0.3, -0.25) is 9.79 Å². The normalized spacial score (nSPS) is 16.9. The van der Waals surface area contributed by atoms with E-state index in [-0.39, 0.29) is 35.8 Å². The first-order valence-corrected chi connectivity index (χ1v) is 12.2. The maximum Gasteiger partial charge on any atom is 0.223 e. The number of nitrogens with one attached hydrogen (secondary N) is 3. The van der Waals surface area contributed by atoms with E-state index in [1.807, 2.05) is 0 Å². The van der Waals surface area contributed by atoms with Gasteiger partial charge in [-0.1, -0.05) is 24.6 Å². The lowest BCUT2D eigenvalue weighted by Gasteiger charge is -2.16.